The maximum absolute atomic E-state index is 12.2. The maximum atomic E-state index is 12.2. The summed E-state index contributed by atoms with van der Waals surface area (Å²) in [4.78, 5) is 14.1. The number of carbonyl (C=O) groups is 1. The third-order valence-corrected chi connectivity index (χ3v) is 4.32. The van der Waals surface area contributed by atoms with E-state index in [1.165, 1.54) is 16.3 Å². The third kappa shape index (κ3) is 3.66. The number of hydrogen-bond acceptors (Lipinski definition) is 2. The van der Waals surface area contributed by atoms with Crippen molar-refractivity contribution in [1.29, 1.82) is 0 Å². The number of aliphatic hydroxyl groups is 1. The first kappa shape index (κ1) is 15.0. The van der Waals surface area contributed by atoms with E-state index in [0.29, 0.717) is 19.0 Å². The van der Waals surface area contributed by atoms with Crippen molar-refractivity contribution >= 4 is 16.7 Å². The van der Waals surface area contributed by atoms with Crippen LogP contribution in [0.5, 0.6) is 0 Å². The van der Waals surface area contributed by atoms with Gasteiger partial charge < -0.3 is 10.0 Å². The van der Waals surface area contributed by atoms with E-state index in [1.54, 1.807) is 0 Å². The van der Waals surface area contributed by atoms with E-state index >= 15 is 0 Å². The number of nitrogens with zero attached hydrogens (tertiary/aromatic N) is 1. The fraction of sp³-hybridized carbons (Fsp3) is 0.421. The maximum Gasteiger partial charge on any atom is 0.222 e. The number of benzene rings is 2. The minimum atomic E-state index is 0.0624. The molecule has 1 N–H and O–H groups in total. The molecule has 22 heavy (non-hydrogen) atoms. The van der Waals surface area contributed by atoms with Crippen molar-refractivity contribution in [3.63, 3.8) is 0 Å². The number of hydrogen-bond donors (Lipinski definition) is 1. The normalized spacial score (nSPS) is 14.2. The van der Waals surface area contributed by atoms with Gasteiger partial charge in [0.25, 0.3) is 0 Å². The molecule has 0 saturated heterocycles. The molecule has 116 valence electrons. The molecule has 0 aromatic heterocycles. The Bertz CT molecular complexity index is 649. The Morgan fingerprint density at radius 3 is 2.64 bits per heavy atom. The predicted molar refractivity (Wildman–Crippen MR) is 88.7 cm³/mol. The first-order valence-electron chi connectivity index (χ1n) is 8.16. The van der Waals surface area contributed by atoms with Crippen molar-refractivity contribution in [2.45, 2.75) is 38.1 Å². The Morgan fingerprint density at radius 1 is 1.14 bits per heavy atom. The lowest BCUT2D eigenvalue weighted by atomic mass is 10.0. The van der Waals surface area contributed by atoms with Gasteiger partial charge >= 0.3 is 0 Å². The van der Waals surface area contributed by atoms with Gasteiger partial charge in [-0.3, -0.25) is 4.79 Å². The fourth-order valence-electron chi connectivity index (χ4n) is 2.99. The Kier molecular flexibility index (Phi) is 4.74. The number of amides is 1. The zero-order valence-electron chi connectivity index (χ0n) is 12.9. The van der Waals surface area contributed by atoms with Crippen LogP contribution in [-0.4, -0.2) is 35.1 Å². The highest BCUT2D eigenvalue weighted by atomic mass is 16.3. The Hall–Kier alpha value is -1.87. The molecule has 1 fully saturated rings. The smallest absolute Gasteiger partial charge is 0.222 e. The molecule has 1 aliphatic rings. The van der Waals surface area contributed by atoms with Crippen LogP contribution in [0.15, 0.2) is 42.5 Å². The van der Waals surface area contributed by atoms with Gasteiger partial charge in [-0.15, -0.1) is 0 Å². The number of fused-ring (bicyclic) bond motifs is 1. The lowest BCUT2D eigenvalue weighted by molar-refractivity contribution is -0.132. The summed E-state index contributed by atoms with van der Waals surface area (Å²) >= 11 is 0. The SMILES string of the molecule is O=C(CCCc1ccc2ccccc2c1)N(CCO)C1CC1. The van der Waals surface area contributed by atoms with Gasteiger partial charge in [-0.05, 0) is 42.0 Å². The first-order chi connectivity index (χ1) is 10.8. The van der Waals surface area contributed by atoms with Crippen LogP contribution in [0.2, 0.25) is 0 Å². The second kappa shape index (κ2) is 6.93. The van der Waals surface area contributed by atoms with E-state index in [-0.39, 0.29) is 12.5 Å². The van der Waals surface area contributed by atoms with Crippen LogP contribution in [0.1, 0.15) is 31.2 Å². The van der Waals surface area contributed by atoms with Crippen molar-refractivity contribution < 1.29 is 9.90 Å². The topological polar surface area (TPSA) is 40.5 Å². The Morgan fingerprint density at radius 2 is 1.91 bits per heavy atom. The summed E-state index contributed by atoms with van der Waals surface area (Å²) in [6, 6.07) is 15.2. The lowest BCUT2D eigenvalue weighted by Crippen LogP contribution is -2.35. The van der Waals surface area contributed by atoms with E-state index in [1.807, 2.05) is 11.0 Å². The summed E-state index contributed by atoms with van der Waals surface area (Å²) in [6.45, 7) is 0.548. The molecular weight excluding hydrogens is 274 g/mol. The highest BCUT2D eigenvalue weighted by Crippen LogP contribution is 2.27. The van der Waals surface area contributed by atoms with Crippen molar-refractivity contribution in [3.05, 3.63) is 48.0 Å². The molecular formula is C19H23NO2. The van der Waals surface area contributed by atoms with Crippen LogP contribution in [0.3, 0.4) is 0 Å². The number of rotatable bonds is 7. The number of carbonyl (C=O) groups excluding carboxylic acids is 1. The van der Waals surface area contributed by atoms with E-state index in [0.717, 1.165) is 25.7 Å². The molecule has 0 bridgehead atoms. The molecule has 0 spiro atoms. The summed E-state index contributed by atoms with van der Waals surface area (Å²) in [6.07, 6.45) is 4.55. The highest BCUT2D eigenvalue weighted by Gasteiger charge is 2.31. The van der Waals surface area contributed by atoms with Gasteiger partial charge in [0.1, 0.15) is 0 Å². The van der Waals surface area contributed by atoms with Crippen molar-refractivity contribution in [3.8, 4) is 0 Å². The molecule has 3 heteroatoms. The van der Waals surface area contributed by atoms with Gasteiger partial charge in [-0.25, -0.2) is 0 Å². The van der Waals surface area contributed by atoms with Gasteiger partial charge in [-0.1, -0.05) is 42.5 Å². The monoisotopic (exact) mass is 297 g/mol. The van der Waals surface area contributed by atoms with E-state index in [2.05, 4.69) is 36.4 Å². The molecule has 0 heterocycles. The summed E-state index contributed by atoms with van der Waals surface area (Å²) in [5.74, 6) is 0.192. The second-order valence-electron chi connectivity index (χ2n) is 6.08. The van der Waals surface area contributed by atoms with Crippen LogP contribution in [-0.2, 0) is 11.2 Å². The lowest BCUT2D eigenvalue weighted by Gasteiger charge is -2.21. The predicted octanol–water partition coefficient (Wildman–Crippen LogP) is 3.15. The molecule has 0 radical (unpaired) electrons. The number of aliphatic hydroxyl groups excluding tert-OH is 1. The van der Waals surface area contributed by atoms with Crippen molar-refractivity contribution in [2.75, 3.05) is 13.2 Å². The first-order valence-corrected chi connectivity index (χ1v) is 8.16. The standard InChI is InChI=1S/C19H23NO2/c21-13-12-20(18-10-11-18)19(22)7-3-4-15-8-9-16-5-1-2-6-17(16)14-15/h1-2,5-6,8-9,14,18,21H,3-4,7,10-13H2. The molecule has 0 unspecified atom stereocenters. The van der Waals surface area contributed by atoms with Gasteiger partial charge in [0, 0.05) is 19.0 Å². The molecule has 3 rings (SSSR count). The minimum Gasteiger partial charge on any atom is -0.395 e. The summed E-state index contributed by atoms with van der Waals surface area (Å²) in [7, 11) is 0. The molecule has 2 aromatic carbocycles. The van der Waals surface area contributed by atoms with Crippen LogP contribution in [0.4, 0.5) is 0 Å². The molecule has 2 aromatic rings. The molecule has 1 amide bonds. The summed E-state index contributed by atoms with van der Waals surface area (Å²) in [5.41, 5.74) is 1.28. The summed E-state index contributed by atoms with van der Waals surface area (Å²) < 4.78 is 0. The molecule has 1 saturated carbocycles. The van der Waals surface area contributed by atoms with E-state index < -0.39 is 0 Å². The quantitative estimate of drug-likeness (QED) is 0.853. The average molecular weight is 297 g/mol. The van der Waals surface area contributed by atoms with Gasteiger partial charge in [0.05, 0.1) is 6.61 Å². The van der Waals surface area contributed by atoms with E-state index in [9.17, 15) is 4.79 Å². The van der Waals surface area contributed by atoms with Crippen molar-refractivity contribution in [2.24, 2.45) is 0 Å². The molecule has 3 nitrogen and oxygen atoms in total. The zero-order chi connectivity index (χ0) is 15.4. The van der Waals surface area contributed by atoms with Crippen LogP contribution >= 0.6 is 0 Å². The number of aryl methyl sites for hydroxylation is 1. The molecule has 1 aliphatic carbocycles. The molecule has 0 aliphatic heterocycles. The van der Waals surface area contributed by atoms with Gasteiger partial charge in [-0.2, -0.15) is 0 Å². The zero-order valence-corrected chi connectivity index (χ0v) is 12.9. The summed E-state index contributed by atoms with van der Waals surface area (Å²) in [5, 5.41) is 11.6. The second-order valence-corrected chi connectivity index (χ2v) is 6.08. The van der Waals surface area contributed by atoms with E-state index in [4.69, 9.17) is 5.11 Å². The fourth-order valence-corrected chi connectivity index (χ4v) is 2.99. The average Bonchev–Trinajstić information content (AvgIpc) is 3.37. The Labute approximate surface area is 131 Å². The van der Waals surface area contributed by atoms with Crippen LogP contribution in [0, 0.1) is 0 Å². The highest BCUT2D eigenvalue weighted by molar-refractivity contribution is 5.83. The van der Waals surface area contributed by atoms with Crippen LogP contribution in [0.25, 0.3) is 10.8 Å². The van der Waals surface area contributed by atoms with Crippen molar-refractivity contribution in [1.82, 2.24) is 4.90 Å². The Balaban J connectivity index is 1.54. The van der Waals surface area contributed by atoms with Crippen LogP contribution < -0.4 is 0 Å². The van der Waals surface area contributed by atoms with Gasteiger partial charge in [0.15, 0.2) is 0 Å². The van der Waals surface area contributed by atoms with Gasteiger partial charge in [0.2, 0.25) is 5.91 Å². The molecule has 0 atom stereocenters. The third-order valence-electron chi connectivity index (χ3n) is 4.32. The minimum absolute atomic E-state index is 0.0624. The largest absolute Gasteiger partial charge is 0.395 e.